The van der Waals surface area contributed by atoms with Crippen molar-refractivity contribution in [2.45, 2.75) is 37.5 Å². The van der Waals surface area contributed by atoms with Gasteiger partial charge in [-0.15, -0.1) is 0 Å². The van der Waals surface area contributed by atoms with Gasteiger partial charge < -0.3 is 4.74 Å². The third kappa shape index (κ3) is 4.60. The minimum atomic E-state index is -4.33. The molecule has 0 spiro atoms. The highest BCUT2D eigenvalue weighted by atomic mass is 32.9. The van der Waals surface area contributed by atoms with Crippen molar-refractivity contribution >= 4 is 43.0 Å². The van der Waals surface area contributed by atoms with E-state index in [0.29, 0.717) is 6.42 Å². The quantitative estimate of drug-likeness (QED) is 0.421. The molecule has 8 heteroatoms. The molecule has 0 aliphatic rings. The molecule has 0 atom stereocenters. The Morgan fingerprint density at radius 2 is 2.04 bits per heavy atom. The second-order valence-corrected chi connectivity index (χ2v) is 9.39. The van der Waals surface area contributed by atoms with Gasteiger partial charge in [0, 0.05) is 11.3 Å². The van der Waals surface area contributed by atoms with E-state index in [0.717, 1.165) is 34.2 Å². The fourth-order valence-corrected chi connectivity index (χ4v) is 5.93. The van der Waals surface area contributed by atoms with Gasteiger partial charge in [0.1, 0.15) is 14.5 Å². The number of ether oxygens (including phenoxy) is 1. The van der Waals surface area contributed by atoms with Gasteiger partial charge in [0.2, 0.25) is 0 Å². The Kier molecular flexibility index (Phi) is 6.33. The van der Waals surface area contributed by atoms with Crippen molar-refractivity contribution in [1.82, 2.24) is 0 Å². The van der Waals surface area contributed by atoms with Crippen LogP contribution in [0.1, 0.15) is 35.8 Å². The molecule has 1 N–H and O–H groups in total. The molecule has 0 amide bonds. The summed E-state index contributed by atoms with van der Waals surface area (Å²) in [5, 5.41) is 0. The molecule has 0 fully saturated rings. The summed E-state index contributed by atoms with van der Waals surface area (Å²) < 4.78 is 38.2. The Hall–Kier alpha value is -0.800. The molecule has 1 heterocycles. The Bertz CT molecular complexity index is 833. The van der Waals surface area contributed by atoms with Crippen LogP contribution in [0.25, 0.3) is 0 Å². The van der Waals surface area contributed by atoms with E-state index in [4.69, 9.17) is 17.0 Å². The minimum absolute atomic E-state index is 0.134. The molecule has 126 valence electrons. The lowest BCUT2D eigenvalue weighted by molar-refractivity contribution is 0.397. The smallest absolute Gasteiger partial charge is 0.298 e. The second-order valence-electron chi connectivity index (χ2n) is 5.10. The van der Waals surface area contributed by atoms with E-state index >= 15 is 0 Å². The van der Waals surface area contributed by atoms with E-state index in [1.807, 2.05) is 0 Å². The summed E-state index contributed by atoms with van der Waals surface area (Å²) in [6.07, 6.45) is 3.77. The number of unbranched alkanes of at least 4 members (excludes halogenated alkanes) is 1. The maximum absolute atomic E-state index is 11.5. The van der Waals surface area contributed by atoms with Crippen molar-refractivity contribution in [3.05, 3.63) is 38.0 Å². The zero-order valence-electron chi connectivity index (χ0n) is 12.9. The van der Waals surface area contributed by atoms with Crippen LogP contribution in [0.5, 0.6) is 5.75 Å². The molecular formula is C15H18O4S4. The van der Waals surface area contributed by atoms with Crippen molar-refractivity contribution in [3.8, 4) is 5.75 Å². The number of hydrogen-bond acceptors (Lipinski definition) is 6. The van der Waals surface area contributed by atoms with E-state index in [1.54, 1.807) is 32.8 Å². The highest BCUT2D eigenvalue weighted by molar-refractivity contribution is 7.86. The van der Waals surface area contributed by atoms with Crippen LogP contribution in [0.4, 0.5) is 0 Å². The number of benzene rings is 1. The predicted octanol–water partition coefficient (Wildman–Crippen LogP) is 4.73. The highest BCUT2D eigenvalue weighted by Gasteiger charge is 2.18. The van der Waals surface area contributed by atoms with E-state index in [2.05, 4.69) is 6.92 Å². The zero-order chi connectivity index (χ0) is 17.0. The molecule has 1 aromatic carbocycles. The summed E-state index contributed by atoms with van der Waals surface area (Å²) in [4.78, 5) is 1.06. The molecule has 0 unspecified atom stereocenters. The summed E-state index contributed by atoms with van der Waals surface area (Å²) >= 11 is 5.41. The molecule has 0 aliphatic heterocycles. The van der Waals surface area contributed by atoms with Crippen LogP contribution in [-0.2, 0) is 23.0 Å². The number of aryl methyl sites for hydroxylation is 1. The van der Waals surface area contributed by atoms with Crippen LogP contribution in [0.3, 0.4) is 0 Å². The van der Waals surface area contributed by atoms with Gasteiger partial charge in [0.25, 0.3) is 10.1 Å². The molecule has 0 saturated carbocycles. The van der Waals surface area contributed by atoms with Crippen molar-refractivity contribution in [2.24, 2.45) is 0 Å². The third-order valence-electron chi connectivity index (χ3n) is 3.45. The van der Waals surface area contributed by atoms with Crippen molar-refractivity contribution in [3.63, 3.8) is 0 Å². The molecule has 2 rings (SSSR count). The van der Waals surface area contributed by atoms with E-state index in [1.165, 1.54) is 18.1 Å². The predicted molar refractivity (Wildman–Crippen MR) is 97.3 cm³/mol. The monoisotopic (exact) mass is 390 g/mol. The van der Waals surface area contributed by atoms with Crippen LogP contribution < -0.4 is 4.74 Å². The molecular weight excluding hydrogens is 372 g/mol. The first kappa shape index (κ1) is 18.5. The average Bonchev–Trinajstić information content (AvgIpc) is 2.85. The van der Waals surface area contributed by atoms with Crippen LogP contribution in [0.15, 0.2) is 23.1 Å². The normalized spacial score (nSPS) is 11.6. The van der Waals surface area contributed by atoms with Crippen molar-refractivity contribution in [1.29, 1.82) is 0 Å². The number of hydrogen-bond donors (Lipinski definition) is 1. The summed E-state index contributed by atoms with van der Waals surface area (Å²) in [6.45, 7) is 2.15. The lowest BCUT2D eigenvalue weighted by atomic mass is 10.0. The topological polar surface area (TPSA) is 63.6 Å². The van der Waals surface area contributed by atoms with Gasteiger partial charge >= 0.3 is 0 Å². The summed E-state index contributed by atoms with van der Waals surface area (Å²) in [5.74, 6) is 0.134. The summed E-state index contributed by atoms with van der Waals surface area (Å²) in [6, 6.07) is 4.81. The Morgan fingerprint density at radius 1 is 1.30 bits per heavy atom. The van der Waals surface area contributed by atoms with Gasteiger partial charge in [-0.1, -0.05) is 52.3 Å². The van der Waals surface area contributed by atoms with Crippen LogP contribution in [0.2, 0.25) is 0 Å². The fourth-order valence-electron chi connectivity index (χ4n) is 2.24. The van der Waals surface area contributed by atoms with Crippen LogP contribution in [-0.4, -0.2) is 20.1 Å². The molecule has 1 aromatic heterocycles. The lowest BCUT2D eigenvalue weighted by Gasteiger charge is -2.09. The minimum Gasteiger partial charge on any atom is -0.495 e. The van der Waals surface area contributed by atoms with E-state index in [-0.39, 0.29) is 10.6 Å². The lowest BCUT2D eigenvalue weighted by Crippen LogP contribution is -2.03. The fraction of sp³-hybridized carbons (Fsp3) is 0.400. The van der Waals surface area contributed by atoms with Gasteiger partial charge in [-0.05, 0) is 36.1 Å². The Morgan fingerprint density at radius 3 is 2.65 bits per heavy atom. The largest absolute Gasteiger partial charge is 0.495 e. The van der Waals surface area contributed by atoms with E-state index in [9.17, 15) is 13.0 Å². The van der Waals surface area contributed by atoms with E-state index < -0.39 is 10.1 Å². The van der Waals surface area contributed by atoms with Gasteiger partial charge in [-0.3, -0.25) is 4.55 Å². The van der Waals surface area contributed by atoms with Gasteiger partial charge in [-0.25, -0.2) is 0 Å². The SMILES string of the molecule is CCCCc1ssc(=S)c1Cc1ccc(OC)c(S(=O)(=O)O)c1. The first-order valence-electron chi connectivity index (χ1n) is 7.12. The molecule has 2 aromatic rings. The van der Waals surface area contributed by atoms with Gasteiger partial charge in [0.05, 0.1) is 7.11 Å². The standard InChI is InChI=1S/C15H18O4S4/c1-3-4-5-13-11(15(20)22-21-13)8-10-6-7-12(19-2)14(9-10)23(16,17)18/h6-7,9H,3-5,8H2,1-2H3,(H,16,17,18). The first-order chi connectivity index (χ1) is 10.9. The summed E-state index contributed by atoms with van der Waals surface area (Å²) in [5.41, 5.74) is 1.88. The molecule has 0 aliphatic carbocycles. The van der Waals surface area contributed by atoms with Crippen LogP contribution in [0, 0.1) is 3.82 Å². The maximum atomic E-state index is 11.5. The Balaban J connectivity index is 2.38. The number of rotatable bonds is 7. The zero-order valence-corrected chi connectivity index (χ0v) is 16.1. The second kappa shape index (κ2) is 7.85. The van der Waals surface area contributed by atoms with Crippen LogP contribution >= 0.6 is 32.9 Å². The molecule has 23 heavy (non-hydrogen) atoms. The molecule has 0 bridgehead atoms. The third-order valence-corrected chi connectivity index (χ3v) is 7.62. The van der Waals surface area contributed by atoms with Gasteiger partial charge in [0.15, 0.2) is 0 Å². The number of methoxy groups -OCH3 is 1. The average molecular weight is 391 g/mol. The molecule has 0 saturated heterocycles. The summed E-state index contributed by atoms with van der Waals surface area (Å²) in [7, 11) is 0.322. The molecule has 0 radical (unpaired) electrons. The highest BCUT2D eigenvalue weighted by Crippen LogP contribution is 2.31. The van der Waals surface area contributed by atoms with Gasteiger partial charge in [-0.2, -0.15) is 8.42 Å². The Labute approximate surface area is 148 Å². The van der Waals surface area contributed by atoms with Crippen molar-refractivity contribution in [2.75, 3.05) is 7.11 Å². The first-order valence-corrected chi connectivity index (χ1v) is 11.1. The molecule has 4 nitrogen and oxygen atoms in total. The maximum Gasteiger partial charge on any atom is 0.298 e. The van der Waals surface area contributed by atoms with Crippen molar-refractivity contribution < 1.29 is 17.7 Å².